The summed E-state index contributed by atoms with van der Waals surface area (Å²) in [6.45, 7) is 0. The van der Waals surface area contributed by atoms with Crippen molar-refractivity contribution < 1.29 is 0 Å². The van der Waals surface area contributed by atoms with Gasteiger partial charge in [-0.05, 0) is 73.1 Å². The lowest BCUT2D eigenvalue weighted by molar-refractivity contribution is 0.768. The van der Waals surface area contributed by atoms with Crippen molar-refractivity contribution in [2.45, 2.75) is 5.41 Å². The van der Waals surface area contributed by atoms with Crippen LogP contribution in [0.4, 0.5) is 0 Å². The number of hydrogen-bond acceptors (Lipinski definition) is 3. The van der Waals surface area contributed by atoms with E-state index in [9.17, 15) is 0 Å². The van der Waals surface area contributed by atoms with Crippen molar-refractivity contribution in [2.24, 2.45) is 0 Å². The van der Waals surface area contributed by atoms with Crippen molar-refractivity contribution in [2.75, 3.05) is 0 Å². The number of nitrogens with zero attached hydrogens (tertiary/aromatic N) is 3. The van der Waals surface area contributed by atoms with Gasteiger partial charge in [-0.1, -0.05) is 170 Å². The summed E-state index contributed by atoms with van der Waals surface area (Å²) in [4.78, 5) is 15.5. The van der Waals surface area contributed by atoms with Crippen LogP contribution in [0, 0.1) is 0 Å². The van der Waals surface area contributed by atoms with Crippen LogP contribution >= 0.6 is 0 Å². The Balaban J connectivity index is 1.21. The molecule has 0 spiro atoms. The highest BCUT2D eigenvalue weighted by Crippen LogP contribution is 2.56. The fraction of sp³-hybridized carbons (Fsp3) is 0.0208. The maximum Gasteiger partial charge on any atom is 0.164 e. The summed E-state index contributed by atoms with van der Waals surface area (Å²) in [7, 11) is 0. The molecule has 1 aromatic heterocycles. The third-order valence-corrected chi connectivity index (χ3v) is 10.4. The minimum Gasteiger partial charge on any atom is -0.208 e. The summed E-state index contributed by atoms with van der Waals surface area (Å²) < 4.78 is 0. The van der Waals surface area contributed by atoms with Crippen molar-refractivity contribution in [1.29, 1.82) is 0 Å². The van der Waals surface area contributed by atoms with Gasteiger partial charge in [0.05, 0.1) is 5.41 Å². The van der Waals surface area contributed by atoms with E-state index in [1.807, 2.05) is 0 Å². The highest BCUT2D eigenvalue weighted by atomic mass is 15.0. The summed E-state index contributed by atoms with van der Waals surface area (Å²) in [5.74, 6) is 1.93. The Hall–Kier alpha value is -6.71. The molecule has 1 aliphatic carbocycles. The topological polar surface area (TPSA) is 38.7 Å². The van der Waals surface area contributed by atoms with Crippen LogP contribution in [0.3, 0.4) is 0 Å². The van der Waals surface area contributed by atoms with E-state index in [0.717, 1.165) is 27.5 Å². The fourth-order valence-electron chi connectivity index (χ4n) is 8.02. The van der Waals surface area contributed by atoms with E-state index in [-0.39, 0.29) is 0 Å². The third kappa shape index (κ3) is 4.70. The molecule has 0 saturated carbocycles. The van der Waals surface area contributed by atoms with Crippen LogP contribution in [-0.2, 0) is 5.41 Å². The van der Waals surface area contributed by atoms with Crippen molar-refractivity contribution in [3.63, 3.8) is 0 Å². The molecule has 1 aliphatic rings. The summed E-state index contributed by atoms with van der Waals surface area (Å²) >= 11 is 0. The van der Waals surface area contributed by atoms with E-state index in [1.54, 1.807) is 0 Å². The lowest BCUT2D eigenvalue weighted by Crippen LogP contribution is -2.28. The predicted octanol–water partition coefficient (Wildman–Crippen LogP) is 11.5. The van der Waals surface area contributed by atoms with Crippen molar-refractivity contribution in [1.82, 2.24) is 15.0 Å². The summed E-state index contributed by atoms with van der Waals surface area (Å²) in [6.07, 6.45) is 0. The highest BCUT2D eigenvalue weighted by molar-refractivity contribution is 5.89. The Bertz CT molecular complexity index is 2620. The van der Waals surface area contributed by atoms with Crippen LogP contribution in [0.2, 0.25) is 0 Å². The van der Waals surface area contributed by atoms with Gasteiger partial charge in [-0.3, -0.25) is 0 Å². The second-order valence-electron chi connectivity index (χ2n) is 13.2. The van der Waals surface area contributed by atoms with E-state index in [0.29, 0.717) is 17.5 Å². The first kappa shape index (κ1) is 29.2. The molecular weight excluding hydrogens is 619 g/mol. The molecule has 0 atom stereocenters. The average Bonchev–Trinajstić information content (AvgIpc) is 3.52. The highest BCUT2D eigenvalue weighted by Gasteiger charge is 2.45. The SMILES string of the molecule is c1ccc(C2(c3cccc(-c4nc(-c5ccc6ccccc6c5)nc(-c5ccc6ccccc6c5)n4)c3)c3ccccc3-c3ccccc32)cc1. The smallest absolute Gasteiger partial charge is 0.164 e. The minimum atomic E-state index is -0.514. The molecule has 0 fully saturated rings. The first-order valence-electron chi connectivity index (χ1n) is 17.4. The first-order chi connectivity index (χ1) is 25.3. The lowest BCUT2D eigenvalue weighted by Gasteiger charge is -2.34. The molecule has 51 heavy (non-hydrogen) atoms. The van der Waals surface area contributed by atoms with Gasteiger partial charge in [-0.15, -0.1) is 0 Å². The molecule has 0 unspecified atom stereocenters. The second kappa shape index (κ2) is 11.7. The van der Waals surface area contributed by atoms with Crippen LogP contribution in [-0.4, -0.2) is 15.0 Å². The number of hydrogen-bond donors (Lipinski definition) is 0. The van der Waals surface area contributed by atoms with E-state index < -0.39 is 5.41 Å². The monoisotopic (exact) mass is 649 g/mol. The Morgan fingerprint density at radius 2 is 0.725 bits per heavy atom. The van der Waals surface area contributed by atoms with Gasteiger partial charge in [0.15, 0.2) is 17.5 Å². The maximum atomic E-state index is 5.20. The Morgan fingerprint density at radius 3 is 1.27 bits per heavy atom. The fourth-order valence-corrected chi connectivity index (χ4v) is 8.02. The van der Waals surface area contributed by atoms with E-state index in [1.165, 1.54) is 44.2 Å². The molecule has 8 aromatic carbocycles. The van der Waals surface area contributed by atoms with Crippen LogP contribution in [0.1, 0.15) is 22.3 Å². The standard InChI is InChI=1S/C48H31N3/c1-2-18-39(19-3-1)48(43-23-10-8-21-41(43)42-22-9-11-24-44(42)48)40-20-12-17-36(31-40)45-49-46(37-27-25-32-13-4-6-15-34(32)29-37)51-47(50-45)38-28-26-33-14-5-7-16-35(33)30-38/h1-31H. The molecule has 3 nitrogen and oxygen atoms in total. The van der Waals surface area contributed by atoms with Crippen LogP contribution < -0.4 is 0 Å². The van der Waals surface area contributed by atoms with Gasteiger partial charge in [0.1, 0.15) is 0 Å². The molecule has 9 aromatic rings. The molecule has 238 valence electrons. The van der Waals surface area contributed by atoms with E-state index in [4.69, 9.17) is 15.0 Å². The van der Waals surface area contributed by atoms with Gasteiger partial charge in [-0.2, -0.15) is 0 Å². The molecule has 0 N–H and O–H groups in total. The molecule has 3 heteroatoms. The third-order valence-electron chi connectivity index (χ3n) is 10.4. The number of aromatic nitrogens is 3. The van der Waals surface area contributed by atoms with Gasteiger partial charge in [0.2, 0.25) is 0 Å². The van der Waals surface area contributed by atoms with Gasteiger partial charge < -0.3 is 0 Å². The molecule has 0 radical (unpaired) electrons. The Kier molecular flexibility index (Phi) is 6.71. The van der Waals surface area contributed by atoms with Gasteiger partial charge in [-0.25, -0.2) is 15.0 Å². The first-order valence-corrected chi connectivity index (χ1v) is 17.4. The molecule has 0 amide bonds. The van der Waals surface area contributed by atoms with Crippen LogP contribution in [0.25, 0.3) is 66.8 Å². The Morgan fingerprint density at radius 1 is 0.294 bits per heavy atom. The van der Waals surface area contributed by atoms with Crippen LogP contribution in [0.5, 0.6) is 0 Å². The normalized spacial score (nSPS) is 12.9. The molecule has 0 aliphatic heterocycles. The van der Waals surface area contributed by atoms with Gasteiger partial charge in [0.25, 0.3) is 0 Å². The zero-order valence-corrected chi connectivity index (χ0v) is 27.7. The zero-order chi connectivity index (χ0) is 33.8. The summed E-state index contributed by atoms with van der Waals surface area (Å²) in [6, 6.07) is 67.0. The van der Waals surface area contributed by atoms with Gasteiger partial charge in [0, 0.05) is 16.7 Å². The van der Waals surface area contributed by atoms with E-state index >= 15 is 0 Å². The Labute approximate surface area is 296 Å². The average molecular weight is 650 g/mol. The van der Waals surface area contributed by atoms with E-state index in [2.05, 4.69) is 188 Å². The number of benzene rings is 8. The largest absolute Gasteiger partial charge is 0.208 e. The molecule has 0 saturated heterocycles. The van der Waals surface area contributed by atoms with Gasteiger partial charge >= 0.3 is 0 Å². The molecular formula is C48H31N3. The molecule has 0 bridgehead atoms. The zero-order valence-electron chi connectivity index (χ0n) is 27.7. The predicted molar refractivity (Wildman–Crippen MR) is 208 cm³/mol. The maximum absolute atomic E-state index is 5.20. The van der Waals surface area contributed by atoms with Crippen LogP contribution in [0.15, 0.2) is 188 Å². The number of rotatable bonds is 5. The second-order valence-corrected chi connectivity index (χ2v) is 13.2. The lowest BCUT2D eigenvalue weighted by atomic mass is 9.67. The quantitative estimate of drug-likeness (QED) is 0.186. The number of fused-ring (bicyclic) bond motifs is 5. The van der Waals surface area contributed by atoms with Crippen molar-refractivity contribution in [3.05, 3.63) is 210 Å². The molecule has 1 heterocycles. The minimum absolute atomic E-state index is 0.514. The molecule has 10 rings (SSSR count). The van der Waals surface area contributed by atoms with Crippen molar-refractivity contribution >= 4 is 21.5 Å². The summed E-state index contributed by atoms with van der Waals surface area (Å²) in [5, 5.41) is 4.66. The van der Waals surface area contributed by atoms with Crippen molar-refractivity contribution in [3.8, 4) is 45.3 Å². The summed E-state index contributed by atoms with van der Waals surface area (Å²) in [5.41, 5.74) is 9.81.